The number of hydrogen-bond acceptors (Lipinski definition) is 4. The van der Waals surface area contributed by atoms with Gasteiger partial charge in [0.05, 0.1) is 11.4 Å². The van der Waals surface area contributed by atoms with Gasteiger partial charge in [0.2, 0.25) is 0 Å². The number of sulfone groups is 1. The molecule has 1 N–H and O–H groups in total. The largest absolute Gasteiger partial charge is 0.389 e. The van der Waals surface area contributed by atoms with E-state index >= 15 is 0 Å². The predicted octanol–water partition coefficient (Wildman–Crippen LogP) is 2.07. The van der Waals surface area contributed by atoms with Gasteiger partial charge in [-0.25, -0.2) is 8.42 Å². The summed E-state index contributed by atoms with van der Waals surface area (Å²) in [6.45, 7) is 9.27. The molecule has 0 radical (unpaired) electrons. The smallest absolute Gasteiger partial charge is 0.151 e. The lowest BCUT2D eigenvalue weighted by atomic mass is 9.79. The summed E-state index contributed by atoms with van der Waals surface area (Å²) in [6.07, 6.45) is 3.79. The number of likely N-dealkylation sites (N-methyl/N-ethyl adjacent to an activating group) is 1. The molecule has 0 aromatic rings. The molecular weight excluding hydrogens is 274 g/mol. The van der Waals surface area contributed by atoms with Gasteiger partial charge in [0.1, 0.15) is 0 Å². The van der Waals surface area contributed by atoms with Crippen LogP contribution < -0.4 is 0 Å². The maximum Gasteiger partial charge on any atom is 0.151 e. The minimum absolute atomic E-state index is 0.0340. The number of hydrogen-bond donors (Lipinski definition) is 1. The van der Waals surface area contributed by atoms with Crippen molar-refractivity contribution >= 4 is 9.84 Å². The molecule has 0 aromatic carbocycles. The van der Waals surface area contributed by atoms with Crippen molar-refractivity contribution in [3.05, 3.63) is 0 Å². The van der Waals surface area contributed by atoms with Crippen LogP contribution in [0.25, 0.3) is 0 Å². The zero-order valence-electron chi connectivity index (χ0n) is 13.4. The minimum atomic E-state index is -2.97. The maximum atomic E-state index is 11.8. The maximum absolute atomic E-state index is 11.8. The third kappa shape index (κ3) is 5.34. The third-order valence-corrected chi connectivity index (χ3v) is 6.54. The van der Waals surface area contributed by atoms with Crippen LogP contribution in [0.3, 0.4) is 0 Å². The van der Waals surface area contributed by atoms with Gasteiger partial charge >= 0.3 is 0 Å². The van der Waals surface area contributed by atoms with E-state index in [1.807, 2.05) is 13.8 Å². The molecule has 1 rings (SSSR count). The van der Waals surface area contributed by atoms with E-state index in [1.165, 1.54) is 0 Å². The Hall–Kier alpha value is -0.130. The summed E-state index contributed by atoms with van der Waals surface area (Å²) in [4.78, 5) is 2.11. The van der Waals surface area contributed by atoms with Crippen molar-refractivity contribution in [2.75, 3.05) is 24.6 Å². The van der Waals surface area contributed by atoms with Crippen LogP contribution in [0.1, 0.15) is 53.4 Å². The molecule has 1 aliphatic rings. The highest BCUT2D eigenvalue weighted by atomic mass is 32.2. The molecule has 0 saturated heterocycles. The van der Waals surface area contributed by atoms with E-state index in [1.54, 1.807) is 6.92 Å². The fourth-order valence-corrected chi connectivity index (χ4v) is 4.19. The Morgan fingerprint density at radius 3 is 2.30 bits per heavy atom. The molecule has 0 heterocycles. The first kappa shape index (κ1) is 17.9. The molecule has 4 nitrogen and oxygen atoms in total. The van der Waals surface area contributed by atoms with E-state index in [9.17, 15) is 13.5 Å². The second-order valence-electron chi connectivity index (χ2n) is 6.52. The molecule has 0 aromatic heterocycles. The van der Waals surface area contributed by atoms with Gasteiger partial charge < -0.3 is 5.11 Å². The van der Waals surface area contributed by atoms with Gasteiger partial charge in [0.25, 0.3) is 0 Å². The van der Waals surface area contributed by atoms with E-state index in [-0.39, 0.29) is 17.5 Å². The van der Waals surface area contributed by atoms with E-state index < -0.39 is 15.4 Å². The zero-order chi connectivity index (χ0) is 15.4. The van der Waals surface area contributed by atoms with Gasteiger partial charge in [-0.05, 0) is 45.1 Å². The molecule has 1 atom stereocenters. The van der Waals surface area contributed by atoms with Crippen LogP contribution in [0.5, 0.6) is 0 Å². The first-order valence-electron chi connectivity index (χ1n) is 7.88. The highest BCUT2D eigenvalue weighted by Crippen LogP contribution is 2.32. The summed E-state index contributed by atoms with van der Waals surface area (Å²) >= 11 is 0. The van der Waals surface area contributed by atoms with Crippen LogP contribution in [0.2, 0.25) is 0 Å². The molecular formula is C15H31NO3S. The summed E-state index contributed by atoms with van der Waals surface area (Å²) in [6, 6.07) is -0.0340. The Morgan fingerprint density at radius 1 is 1.30 bits per heavy atom. The zero-order valence-corrected chi connectivity index (χ0v) is 14.2. The van der Waals surface area contributed by atoms with Gasteiger partial charge in [-0.3, -0.25) is 4.90 Å². The number of nitrogens with zero attached hydrogens (tertiary/aromatic N) is 1. The van der Waals surface area contributed by atoms with Crippen LogP contribution in [0.15, 0.2) is 0 Å². The molecule has 0 amide bonds. The quantitative estimate of drug-likeness (QED) is 0.782. The SMILES string of the molecule is CCN(CC1(O)CCC(C)CC1)C(C)CS(=O)(=O)CC. The molecule has 5 heteroatoms. The van der Waals surface area contributed by atoms with Gasteiger partial charge in [-0.1, -0.05) is 20.8 Å². The van der Waals surface area contributed by atoms with Crippen molar-refractivity contribution in [2.45, 2.75) is 65.0 Å². The Labute approximate surface area is 124 Å². The lowest BCUT2D eigenvalue weighted by molar-refractivity contribution is -0.0398. The minimum Gasteiger partial charge on any atom is -0.389 e. The van der Waals surface area contributed by atoms with E-state index in [4.69, 9.17) is 0 Å². The third-order valence-electron chi connectivity index (χ3n) is 4.67. The van der Waals surface area contributed by atoms with Gasteiger partial charge in [0.15, 0.2) is 9.84 Å². The van der Waals surface area contributed by atoms with Crippen LogP contribution in [-0.2, 0) is 9.84 Å². The van der Waals surface area contributed by atoms with Gasteiger partial charge in [-0.15, -0.1) is 0 Å². The first-order chi connectivity index (χ1) is 9.21. The van der Waals surface area contributed by atoms with Crippen molar-refractivity contribution < 1.29 is 13.5 Å². The van der Waals surface area contributed by atoms with Crippen LogP contribution in [-0.4, -0.2) is 54.7 Å². The molecule has 1 saturated carbocycles. The topological polar surface area (TPSA) is 57.6 Å². The van der Waals surface area contributed by atoms with Crippen LogP contribution in [0.4, 0.5) is 0 Å². The van der Waals surface area contributed by atoms with E-state index in [0.717, 1.165) is 32.2 Å². The second-order valence-corrected chi connectivity index (χ2v) is 8.92. The fraction of sp³-hybridized carbons (Fsp3) is 1.00. The second kappa shape index (κ2) is 7.23. The Balaban J connectivity index is 2.62. The number of rotatable bonds is 7. The average Bonchev–Trinajstić information content (AvgIpc) is 2.39. The summed E-state index contributed by atoms with van der Waals surface area (Å²) < 4.78 is 23.5. The van der Waals surface area contributed by atoms with E-state index in [0.29, 0.717) is 12.5 Å². The Bertz CT molecular complexity index is 386. The van der Waals surface area contributed by atoms with Crippen molar-refractivity contribution in [1.82, 2.24) is 4.90 Å². The van der Waals surface area contributed by atoms with E-state index in [2.05, 4.69) is 11.8 Å². The molecule has 0 spiro atoms. The highest BCUT2D eigenvalue weighted by molar-refractivity contribution is 7.91. The predicted molar refractivity (Wildman–Crippen MR) is 83.6 cm³/mol. The summed E-state index contributed by atoms with van der Waals surface area (Å²) in [7, 11) is -2.97. The monoisotopic (exact) mass is 305 g/mol. The molecule has 0 aliphatic heterocycles. The van der Waals surface area contributed by atoms with Crippen molar-refractivity contribution in [1.29, 1.82) is 0 Å². The fourth-order valence-electron chi connectivity index (χ4n) is 3.01. The Morgan fingerprint density at radius 2 is 1.85 bits per heavy atom. The lowest BCUT2D eigenvalue weighted by Gasteiger charge is -2.40. The van der Waals surface area contributed by atoms with Crippen molar-refractivity contribution in [3.8, 4) is 0 Å². The van der Waals surface area contributed by atoms with Gasteiger partial charge in [-0.2, -0.15) is 0 Å². The highest BCUT2D eigenvalue weighted by Gasteiger charge is 2.34. The van der Waals surface area contributed by atoms with Gasteiger partial charge in [0, 0.05) is 18.3 Å². The number of aliphatic hydroxyl groups is 1. The summed E-state index contributed by atoms with van der Waals surface area (Å²) in [5.74, 6) is 1.07. The molecule has 120 valence electrons. The summed E-state index contributed by atoms with van der Waals surface area (Å²) in [5.41, 5.74) is -0.632. The lowest BCUT2D eigenvalue weighted by Crippen LogP contribution is -2.49. The first-order valence-corrected chi connectivity index (χ1v) is 9.70. The normalized spacial score (nSPS) is 29.6. The molecule has 1 aliphatic carbocycles. The standard InChI is InChI=1S/C15H31NO3S/c1-5-16(14(4)11-20(18,19)6-2)12-15(17)9-7-13(3)8-10-15/h13-14,17H,5-12H2,1-4H3. The van der Waals surface area contributed by atoms with Crippen LogP contribution >= 0.6 is 0 Å². The molecule has 20 heavy (non-hydrogen) atoms. The van der Waals surface area contributed by atoms with Crippen molar-refractivity contribution in [2.24, 2.45) is 5.92 Å². The Kier molecular flexibility index (Phi) is 6.48. The van der Waals surface area contributed by atoms with Crippen LogP contribution in [0, 0.1) is 5.92 Å². The molecule has 1 fully saturated rings. The summed E-state index contributed by atoms with van der Waals surface area (Å²) in [5, 5.41) is 10.7. The average molecular weight is 305 g/mol. The molecule has 1 unspecified atom stereocenters. The van der Waals surface area contributed by atoms with Crippen molar-refractivity contribution in [3.63, 3.8) is 0 Å². The molecule has 0 bridgehead atoms.